The molecule has 0 unspecified atom stereocenters. The van der Waals surface area contributed by atoms with E-state index in [1.807, 2.05) is 0 Å². The minimum absolute atomic E-state index is 0.0641. The molecule has 12 heteroatoms. The molecular formula is C19H12Br2Cl3F3N2O2. The van der Waals surface area contributed by atoms with Gasteiger partial charge >= 0.3 is 6.18 Å². The normalized spacial score (nSPS) is 19.6. The SMILES string of the molecule is O=C(NCC(F)(F)F)c1cc(NC(=O)[C@@H]2[C@@H](c3ccc(Br)c(Br)c3)C2(Cl)Cl)ccc1Cl. The molecule has 0 heterocycles. The Hall–Kier alpha value is -1.000. The lowest BCUT2D eigenvalue weighted by atomic mass is 10.1. The van der Waals surface area contributed by atoms with Crippen molar-refractivity contribution in [3.8, 4) is 0 Å². The Morgan fingerprint density at radius 1 is 1.06 bits per heavy atom. The van der Waals surface area contributed by atoms with Gasteiger partial charge in [-0.1, -0.05) is 17.7 Å². The molecule has 3 rings (SSSR count). The molecule has 31 heavy (non-hydrogen) atoms. The van der Waals surface area contributed by atoms with Gasteiger partial charge in [0.15, 0.2) is 0 Å². The summed E-state index contributed by atoms with van der Waals surface area (Å²) >= 11 is 25.4. The van der Waals surface area contributed by atoms with E-state index in [9.17, 15) is 22.8 Å². The van der Waals surface area contributed by atoms with Crippen LogP contribution in [0.4, 0.5) is 18.9 Å². The maximum absolute atomic E-state index is 12.8. The van der Waals surface area contributed by atoms with Crippen LogP contribution in [0.2, 0.25) is 5.02 Å². The number of carbonyl (C=O) groups excluding carboxylic acids is 2. The highest BCUT2D eigenvalue weighted by Crippen LogP contribution is 2.65. The fourth-order valence-corrected chi connectivity index (χ4v) is 4.72. The smallest absolute Gasteiger partial charge is 0.343 e. The van der Waals surface area contributed by atoms with Crippen LogP contribution in [0.5, 0.6) is 0 Å². The van der Waals surface area contributed by atoms with Crippen LogP contribution in [0.1, 0.15) is 21.8 Å². The summed E-state index contributed by atoms with van der Waals surface area (Å²) in [4.78, 5) is 24.8. The van der Waals surface area contributed by atoms with Crippen LogP contribution in [0.3, 0.4) is 0 Å². The molecule has 4 nitrogen and oxygen atoms in total. The summed E-state index contributed by atoms with van der Waals surface area (Å²) in [5.74, 6) is -2.77. The molecule has 0 saturated heterocycles. The maximum atomic E-state index is 12.8. The number of amides is 2. The number of benzene rings is 2. The van der Waals surface area contributed by atoms with Gasteiger partial charge in [0.25, 0.3) is 5.91 Å². The Kier molecular flexibility index (Phi) is 7.23. The lowest BCUT2D eigenvalue weighted by Crippen LogP contribution is -2.33. The lowest BCUT2D eigenvalue weighted by Gasteiger charge is -2.11. The van der Waals surface area contributed by atoms with Crippen molar-refractivity contribution in [1.29, 1.82) is 0 Å². The first-order chi connectivity index (χ1) is 14.3. The van der Waals surface area contributed by atoms with Gasteiger partial charge in [-0.2, -0.15) is 13.2 Å². The Labute approximate surface area is 207 Å². The van der Waals surface area contributed by atoms with E-state index in [2.05, 4.69) is 37.2 Å². The zero-order valence-electron chi connectivity index (χ0n) is 15.2. The molecule has 1 aliphatic rings. The van der Waals surface area contributed by atoms with Crippen molar-refractivity contribution >= 4 is 84.2 Å². The molecule has 2 N–H and O–H groups in total. The molecule has 2 aromatic rings. The fourth-order valence-electron chi connectivity index (χ4n) is 3.05. The van der Waals surface area contributed by atoms with E-state index in [4.69, 9.17) is 34.8 Å². The highest BCUT2D eigenvalue weighted by atomic mass is 79.9. The van der Waals surface area contributed by atoms with E-state index in [1.54, 1.807) is 23.5 Å². The van der Waals surface area contributed by atoms with Crippen molar-refractivity contribution in [1.82, 2.24) is 5.32 Å². The molecule has 0 aliphatic heterocycles. The minimum atomic E-state index is -4.57. The zero-order valence-corrected chi connectivity index (χ0v) is 20.6. The van der Waals surface area contributed by atoms with Crippen molar-refractivity contribution in [2.75, 3.05) is 11.9 Å². The Morgan fingerprint density at radius 3 is 2.35 bits per heavy atom. The van der Waals surface area contributed by atoms with Gasteiger partial charge in [-0.05, 0) is 67.8 Å². The second kappa shape index (κ2) is 9.09. The second-order valence-electron chi connectivity index (χ2n) is 6.79. The van der Waals surface area contributed by atoms with Gasteiger partial charge in [0.05, 0.1) is 16.5 Å². The van der Waals surface area contributed by atoms with Crippen molar-refractivity contribution in [2.45, 2.75) is 16.4 Å². The number of hydrogen-bond acceptors (Lipinski definition) is 2. The summed E-state index contributed by atoms with van der Waals surface area (Å²) in [7, 11) is 0. The molecule has 2 aromatic carbocycles. The van der Waals surface area contributed by atoms with Gasteiger partial charge < -0.3 is 10.6 Å². The summed E-state index contributed by atoms with van der Waals surface area (Å²) in [6.45, 7) is -1.51. The topological polar surface area (TPSA) is 58.2 Å². The van der Waals surface area contributed by atoms with Crippen molar-refractivity contribution < 1.29 is 22.8 Å². The quantitative estimate of drug-likeness (QED) is 0.365. The van der Waals surface area contributed by atoms with Gasteiger partial charge in [0.1, 0.15) is 10.9 Å². The largest absolute Gasteiger partial charge is 0.405 e. The minimum Gasteiger partial charge on any atom is -0.343 e. The highest BCUT2D eigenvalue weighted by Gasteiger charge is 2.67. The van der Waals surface area contributed by atoms with Crippen LogP contribution >= 0.6 is 66.7 Å². The molecule has 0 spiro atoms. The van der Waals surface area contributed by atoms with Crippen molar-refractivity contribution in [3.05, 3.63) is 61.5 Å². The average Bonchev–Trinajstić information content (AvgIpc) is 3.25. The molecule has 1 fully saturated rings. The van der Waals surface area contributed by atoms with Crippen LogP contribution in [-0.4, -0.2) is 28.9 Å². The van der Waals surface area contributed by atoms with Crippen molar-refractivity contribution in [3.63, 3.8) is 0 Å². The van der Waals surface area contributed by atoms with Gasteiger partial charge in [-0.15, -0.1) is 23.2 Å². The van der Waals surface area contributed by atoms with E-state index in [-0.39, 0.29) is 16.3 Å². The van der Waals surface area contributed by atoms with Crippen LogP contribution in [0, 0.1) is 5.92 Å². The monoisotopic (exact) mass is 620 g/mol. The van der Waals surface area contributed by atoms with Crippen molar-refractivity contribution in [2.24, 2.45) is 5.92 Å². The summed E-state index contributed by atoms with van der Waals surface area (Å²) in [5, 5.41) is 4.26. The van der Waals surface area contributed by atoms with Gasteiger partial charge in [0, 0.05) is 20.6 Å². The van der Waals surface area contributed by atoms with Crippen LogP contribution in [-0.2, 0) is 4.79 Å². The first-order valence-electron chi connectivity index (χ1n) is 8.59. The molecule has 0 aromatic heterocycles. The summed E-state index contributed by atoms with van der Waals surface area (Å²) in [6.07, 6.45) is -4.57. The fraction of sp³-hybridized carbons (Fsp3) is 0.263. The molecule has 0 bridgehead atoms. The predicted octanol–water partition coefficient (Wildman–Crippen LogP) is 6.68. The Balaban J connectivity index is 1.74. The number of anilines is 1. The van der Waals surface area contributed by atoms with Gasteiger partial charge in [-0.3, -0.25) is 9.59 Å². The standard InChI is InChI=1S/C19H12Br2Cl3F3N2O2/c20-11-3-1-8(5-12(11)21)14-15(19(14,23)24)17(31)29-9-2-4-13(22)10(6-9)16(30)28-7-18(25,26)27/h1-6,14-15H,7H2,(H,28,30)(H,29,31)/t14-,15+/m1/s1. The Bertz CT molecular complexity index is 1050. The molecule has 2 atom stereocenters. The van der Waals surface area contributed by atoms with E-state index in [0.717, 1.165) is 14.5 Å². The number of carbonyl (C=O) groups is 2. The predicted molar refractivity (Wildman–Crippen MR) is 121 cm³/mol. The molecule has 166 valence electrons. The van der Waals surface area contributed by atoms with Gasteiger partial charge in [0.2, 0.25) is 5.91 Å². The van der Waals surface area contributed by atoms with E-state index < -0.39 is 40.7 Å². The zero-order chi connectivity index (χ0) is 23.1. The summed E-state index contributed by atoms with van der Waals surface area (Å²) in [6, 6.07) is 9.28. The third-order valence-corrected chi connectivity index (χ3v) is 7.72. The van der Waals surface area contributed by atoms with E-state index >= 15 is 0 Å². The molecular weight excluding hydrogens is 611 g/mol. The average molecular weight is 623 g/mol. The molecule has 0 radical (unpaired) electrons. The number of alkyl halides is 5. The lowest BCUT2D eigenvalue weighted by molar-refractivity contribution is -0.123. The number of rotatable bonds is 5. The van der Waals surface area contributed by atoms with E-state index in [1.165, 1.54) is 18.2 Å². The van der Waals surface area contributed by atoms with Crippen LogP contribution in [0.25, 0.3) is 0 Å². The van der Waals surface area contributed by atoms with Gasteiger partial charge in [-0.25, -0.2) is 0 Å². The second-order valence-corrected chi connectivity index (χ2v) is 10.3. The molecule has 1 saturated carbocycles. The van der Waals surface area contributed by atoms with E-state index in [0.29, 0.717) is 0 Å². The summed E-state index contributed by atoms with van der Waals surface area (Å²) < 4.78 is 37.3. The maximum Gasteiger partial charge on any atom is 0.405 e. The number of hydrogen-bond donors (Lipinski definition) is 2. The molecule has 1 aliphatic carbocycles. The third-order valence-electron chi connectivity index (χ3n) is 4.57. The number of halogens is 8. The Morgan fingerprint density at radius 2 is 1.74 bits per heavy atom. The third kappa shape index (κ3) is 5.68. The number of nitrogens with one attached hydrogen (secondary N) is 2. The van der Waals surface area contributed by atoms with Crippen LogP contribution < -0.4 is 10.6 Å². The molecule has 2 amide bonds. The first-order valence-corrected chi connectivity index (χ1v) is 11.3. The summed E-state index contributed by atoms with van der Waals surface area (Å²) in [5.41, 5.74) is 0.706. The first kappa shape index (κ1) is 24.6. The van der Waals surface area contributed by atoms with Crippen LogP contribution in [0.15, 0.2) is 45.3 Å². The highest BCUT2D eigenvalue weighted by molar-refractivity contribution is 9.13.